The first kappa shape index (κ1) is 13.7. The van der Waals surface area contributed by atoms with Crippen LogP contribution in [0.3, 0.4) is 0 Å². The van der Waals surface area contributed by atoms with E-state index >= 15 is 0 Å². The third-order valence-corrected chi connectivity index (χ3v) is 2.88. The van der Waals surface area contributed by atoms with Crippen molar-refractivity contribution < 1.29 is 17.9 Å². The highest BCUT2D eigenvalue weighted by molar-refractivity contribution is 9.10. The van der Waals surface area contributed by atoms with Gasteiger partial charge in [-0.25, -0.2) is 9.18 Å². The Hall–Kier alpha value is -1.70. The Kier molecular flexibility index (Phi) is 3.98. The highest BCUT2D eigenvalue weighted by Crippen LogP contribution is 2.25. The average molecular weight is 335 g/mol. The van der Waals surface area contributed by atoms with Crippen LogP contribution in [0.2, 0.25) is 0 Å². The average Bonchev–Trinajstić information content (AvgIpc) is 2.68. The molecule has 0 spiro atoms. The summed E-state index contributed by atoms with van der Waals surface area (Å²) in [6.45, 7) is 1.57. The number of nitrogens with zero attached hydrogens (tertiary/aromatic N) is 2. The van der Waals surface area contributed by atoms with E-state index in [2.05, 4.69) is 25.4 Å². The monoisotopic (exact) mass is 334 g/mol. The minimum absolute atomic E-state index is 0.0145. The Morgan fingerprint density at radius 3 is 2.79 bits per heavy atom. The van der Waals surface area contributed by atoms with Crippen LogP contribution in [0.15, 0.2) is 25.8 Å². The third-order valence-electron chi connectivity index (χ3n) is 2.27. The summed E-state index contributed by atoms with van der Waals surface area (Å²) in [5, 5.41) is 3.78. The van der Waals surface area contributed by atoms with Gasteiger partial charge in [-0.05, 0) is 28.1 Å². The summed E-state index contributed by atoms with van der Waals surface area (Å²) in [6.07, 6.45) is 0. The van der Waals surface area contributed by atoms with Gasteiger partial charge in [-0.1, -0.05) is 0 Å². The molecule has 0 unspecified atom stereocenters. The number of rotatable bonds is 4. The van der Waals surface area contributed by atoms with Gasteiger partial charge in [0.1, 0.15) is 6.61 Å². The molecule has 2 rings (SSSR count). The standard InChI is InChI=1S/C11H9BrF2N2O3/c1-6-15-16(11(17)19-6)4-5-18-8-3-2-7(12)9(13)10(8)14/h2-3H,4-5H2,1H3. The molecule has 0 aliphatic carbocycles. The highest BCUT2D eigenvalue weighted by atomic mass is 79.9. The maximum absolute atomic E-state index is 13.4. The zero-order valence-electron chi connectivity index (χ0n) is 9.82. The van der Waals surface area contributed by atoms with Gasteiger partial charge in [-0.15, -0.1) is 5.10 Å². The van der Waals surface area contributed by atoms with Crippen molar-refractivity contribution in [3.63, 3.8) is 0 Å². The lowest BCUT2D eigenvalue weighted by Crippen LogP contribution is -2.20. The van der Waals surface area contributed by atoms with Crippen LogP contribution >= 0.6 is 15.9 Å². The van der Waals surface area contributed by atoms with Crippen molar-refractivity contribution >= 4 is 15.9 Å². The predicted molar refractivity (Wildman–Crippen MR) is 65.1 cm³/mol. The van der Waals surface area contributed by atoms with Crippen LogP contribution in [-0.4, -0.2) is 16.4 Å². The van der Waals surface area contributed by atoms with Crippen LogP contribution in [-0.2, 0) is 6.54 Å². The molecular weight excluding hydrogens is 326 g/mol. The Morgan fingerprint density at radius 1 is 1.42 bits per heavy atom. The molecule has 19 heavy (non-hydrogen) atoms. The fourth-order valence-electron chi connectivity index (χ4n) is 1.41. The molecule has 102 valence electrons. The number of aromatic nitrogens is 2. The van der Waals surface area contributed by atoms with Crippen molar-refractivity contribution in [3.8, 4) is 5.75 Å². The van der Waals surface area contributed by atoms with E-state index in [-0.39, 0.29) is 29.3 Å². The SMILES string of the molecule is Cc1nn(CCOc2ccc(Br)c(F)c2F)c(=O)o1. The van der Waals surface area contributed by atoms with Gasteiger partial charge in [0.2, 0.25) is 11.7 Å². The lowest BCUT2D eigenvalue weighted by atomic mass is 10.3. The molecule has 1 aromatic carbocycles. The first-order chi connectivity index (χ1) is 8.99. The van der Waals surface area contributed by atoms with Gasteiger partial charge in [0, 0.05) is 6.92 Å². The molecule has 0 N–H and O–H groups in total. The molecule has 2 aromatic rings. The number of hydrogen-bond acceptors (Lipinski definition) is 4. The Morgan fingerprint density at radius 2 is 2.16 bits per heavy atom. The summed E-state index contributed by atoms with van der Waals surface area (Å²) in [6, 6.07) is 2.62. The van der Waals surface area contributed by atoms with Gasteiger partial charge in [-0.2, -0.15) is 9.07 Å². The van der Waals surface area contributed by atoms with Crippen molar-refractivity contribution in [2.24, 2.45) is 0 Å². The van der Waals surface area contributed by atoms with Gasteiger partial charge >= 0.3 is 5.76 Å². The first-order valence-corrected chi connectivity index (χ1v) is 6.09. The van der Waals surface area contributed by atoms with Crippen LogP contribution in [0.25, 0.3) is 0 Å². The largest absolute Gasteiger partial charge is 0.488 e. The minimum Gasteiger partial charge on any atom is -0.488 e. The summed E-state index contributed by atoms with van der Waals surface area (Å²) >= 11 is 2.86. The summed E-state index contributed by atoms with van der Waals surface area (Å²) in [5.74, 6) is -2.73. The summed E-state index contributed by atoms with van der Waals surface area (Å²) in [5.41, 5.74) is 0. The van der Waals surface area contributed by atoms with E-state index in [0.29, 0.717) is 0 Å². The molecule has 1 aromatic heterocycles. The van der Waals surface area contributed by atoms with Crippen LogP contribution in [0, 0.1) is 18.6 Å². The minimum atomic E-state index is -1.09. The van der Waals surface area contributed by atoms with Crippen molar-refractivity contribution in [1.29, 1.82) is 0 Å². The molecule has 0 saturated heterocycles. The van der Waals surface area contributed by atoms with Crippen LogP contribution in [0.5, 0.6) is 5.75 Å². The molecule has 0 atom stereocenters. The van der Waals surface area contributed by atoms with E-state index in [1.54, 1.807) is 0 Å². The van der Waals surface area contributed by atoms with Crippen molar-refractivity contribution in [3.05, 3.63) is 44.7 Å². The maximum atomic E-state index is 13.4. The molecule has 0 aliphatic heterocycles. The van der Waals surface area contributed by atoms with E-state index < -0.39 is 17.4 Å². The highest BCUT2D eigenvalue weighted by Gasteiger charge is 2.13. The van der Waals surface area contributed by atoms with Crippen molar-refractivity contribution in [2.45, 2.75) is 13.5 Å². The lowest BCUT2D eigenvalue weighted by Gasteiger charge is -2.07. The Balaban J connectivity index is 2.02. The van der Waals surface area contributed by atoms with E-state index in [9.17, 15) is 13.6 Å². The molecule has 1 heterocycles. The van der Waals surface area contributed by atoms with E-state index in [4.69, 9.17) is 4.74 Å². The smallest absolute Gasteiger partial charge is 0.437 e. The number of benzene rings is 1. The van der Waals surface area contributed by atoms with Crippen LogP contribution in [0.1, 0.15) is 5.89 Å². The topological polar surface area (TPSA) is 57.3 Å². The quantitative estimate of drug-likeness (QED) is 0.805. The Labute approximate surface area is 114 Å². The molecule has 8 heteroatoms. The second kappa shape index (κ2) is 5.52. The molecule has 0 radical (unpaired) electrons. The fraction of sp³-hybridized carbons (Fsp3) is 0.273. The summed E-state index contributed by atoms with van der Waals surface area (Å²) in [4.78, 5) is 11.2. The number of aryl methyl sites for hydroxylation is 1. The predicted octanol–water partition coefficient (Wildman–Crippen LogP) is 2.26. The first-order valence-electron chi connectivity index (χ1n) is 5.30. The molecular formula is C11H9BrF2N2O3. The van der Waals surface area contributed by atoms with Gasteiger partial charge in [0.25, 0.3) is 0 Å². The summed E-state index contributed by atoms with van der Waals surface area (Å²) in [7, 11) is 0. The fourth-order valence-corrected chi connectivity index (χ4v) is 1.72. The molecule has 0 amide bonds. The van der Waals surface area contributed by atoms with Crippen molar-refractivity contribution in [1.82, 2.24) is 9.78 Å². The van der Waals surface area contributed by atoms with Gasteiger partial charge < -0.3 is 9.15 Å². The second-order valence-electron chi connectivity index (χ2n) is 3.63. The number of halogens is 3. The van der Waals surface area contributed by atoms with Crippen LogP contribution < -0.4 is 10.5 Å². The third kappa shape index (κ3) is 3.01. The van der Waals surface area contributed by atoms with E-state index in [1.807, 2.05) is 0 Å². The zero-order valence-corrected chi connectivity index (χ0v) is 11.4. The lowest BCUT2D eigenvalue weighted by molar-refractivity contribution is 0.269. The normalized spacial score (nSPS) is 10.7. The molecule has 0 aliphatic rings. The van der Waals surface area contributed by atoms with Gasteiger partial charge in [0.15, 0.2) is 11.6 Å². The van der Waals surface area contributed by atoms with Gasteiger partial charge in [0.05, 0.1) is 11.0 Å². The molecule has 5 nitrogen and oxygen atoms in total. The number of ether oxygens (including phenoxy) is 1. The Bertz CT molecular complexity index is 654. The van der Waals surface area contributed by atoms with E-state index in [0.717, 1.165) is 4.68 Å². The number of hydrogen-bond donors (Lipinski definition) is 0. The summed E-state index contributed by atoms with van der Waals surface area (Å²) < 4.78 is 37.5. The zero-order chi connectivity index (χ0) is 14.0. The molecule has 0 saturated carbocycles. The van der Waals surface area contributed by atoms with Gasteiger partial charge in [-0.3, -0.25) is 0 Å². The second-order valence-corrected chi connectivity index (χ2v) is 4.49. The maximum Gasteiger partial charge on any atom is 0.437 e. The van der Waals surface area contributed by atoms with Crippen molar-refractivity contribution in [2.75, 3.05) is 6.61 Å². The molecule has 0 bridgehead atoms. The van der Waals surface area contributed by atoms with Crippen LogP contribution in [0.4, 0.5) is 8.78 Å². The molecule has 0 fully saturated rings. The van der Waals surface area contributed by atoms with E-state index in [1.165, 1.54) is 19.1 Å².